The van der Waals surface area contributed by atoms with Crippen LogP contribution in [0.15, 0.2) is 30.5 Å². The molecule has 9 heteroatoms. The van der Waals surface area contributed by atoms with Gasteiger partial charge >= 0.3 is 5.97 Å². The molecule has 0 unspecified atom stereocenters. The van der Waals surface area contributed by atoms with E-state index in [0.29, 0.717) is 30.0 Å². The molecule has 9 nitrogen and oxygen atoms in total. The monoisotopic (exact) mass is 422 g/mol. The van der Waals surface area contributed by atoms with Gasteiger partial charge in [-0.05, 0) is 51.0 Å². The smallest absolute Gasteiger partial charge is 0.341 e. The maximum absolute atomic E-state index is 12.6. The Morgan fingerprint density at radius 3 is 2.71 bits per heavy atom. The fourth-order valence-electron chi connectivity index (χ4n) is 3.77. The topological polar surface area (TPSA) is 104 Å². The maximum Gasteiger partial charge on any atom is 0.341 e. The first-order valence-corrected chi connectivity index (χ1v) is 10.6. The largest absolute Gasteiger partial charge is 0.462 e. The Balaban J connectivity index is 1.42. The van der Waals surface area contributed by atoms with Crippen LogP contribution in [0.5, 0.6) is 0 Å². The van der Waals surface area contributed by atoms with Crippen LogP contribution < -0.4 is 5.32 Å². The van der Waals surface area contributed by atoms with Gasteiger partial charge in [0.05, 0.1) is 30.7 Å². The molecule has 0 saturated heterocycles. The average Bonchev–Trinajstić information content (AvgIpc) is 3.27. The van der Waals surface area contributed by atoms with Crippen LogP contribution in [0.2, 0.25) is 0 Å². The third kappa shape index (κ3) is 4.35. The number of carbonyl (C=O) groups is 2. The molecule has 0 bridgehead atoms. The highest BCUT2D eigenvalue weighted by atomic mass is 16.5. The second kappa shape index (κ2) is 9.11. The third-order valence-corrected chi connectivity index (χ3v) is 5.47. The number of amides is 1. The van der Waals surface area contributed by atoms with E-state index in [1.165, 1.54) is 12.6 Å². The van der Waals surface area contributed by atoms with Gasteiger partial charge in [-0.2, -0.15) is 5.10 Å². The van der Waals surface area contributed by atoms with Crippen LogP contribution in [0, 0.1) is 6.92 Å². The summed E-state index contributed by atoms with van der Waals surface area (Å²) in [5.74, 6) is 1.22. The van der Waals surface area contributed by atoms with Gasteiger partial charge in [0, 0.05) is 18.5 Å². The van der Waals surface area contributed by atoms with Crippen molar-refractivity contribution < 1.29 is 14.3 Å². The minimum Gasteiger partial charge on any atom is -0.462 e. The zero-order valence-corrected chi connectivity index (χ0v) is 17.8. The lowest BCUT2D eigenvalue weighted by Crippen LogP contribution is -2.25. The highest BCUT2D eigenvalue weighted by Crippen LogP contribution is 2.17. The van der Waals surface area contributed by atoms with Gasteiger partial charge < -0.3 is 14.6 Å². The van der Waals surface area contributed by atoms with Crippen LogP contribution in [0.3, 0.4) is 0 Å². The Morgan fingerprint density at radius 2 is 1.94 bits per heavy atom. The average molecular weight is 422 g/mol. The predicted octanol–water partition coefficient (Wildman–Crippen LogP) is 2.61. The van der Waals surface area contributed by atoms with Crippen molar-refractivity contribution in [3.05, 3.63) is 58.9 Å². The van der Waals surface area contributed by atoms with E-state index in [2.05, 4.69) is 25.2 Å². The minimum absolute atomic E-state index is 0.179. The van der Waals surface area contributed by atoms with Gasteiger partial charge in [-0.25, -0.2) is 9.48 Å². The molecule has 1 amide bonds. The predicted molar refractivity (Wildman–Crippen MR) is 113 cm³/mol. The summed E-state index contributed by atoms with van der Waals surface area (Å²) in [6.07, 6.45) is 5.87. The molecule has 0 fully saturated rings. The molecular formula is C22H26N6O3. The highest BCUT2D eigenvalue weighted by Gasteiger charge is 2.17. The van der Waals surface area contributed by atoms with E-state index in [4.69, 9.17) is 4.74 Å². The van der Waals surface area contributed by atoms with Crippen LogP contribution in [-0.4, -0.2) is 43.0 Å². The van der Waals surface area contributed by atoms with Crippen molar-refractivity contribution >= 4 is 11.9 Å². The van der Waals surface area contributed by atoms with E-state index >= 15 is 0 Å². The summed E-state index contributed by atoms with van der Waals surface area (Å²) in [7, 11) is 0. The summed E-state index contributed by atoms with van der Waals surface area (Å²) in [5.41, 5.74) is 2.40. The van der Waals surface area contributed by atoms with Crippen molar-refractivity contribution in [2.75, 3.05) is 6.61 Å². The Labute approximate surface area is 180 Å². The first-order valence-electron chi connectivity index (χ1n) is 10.6. The fourth-order valence-corrected chi connectivity index (χ4v) is 3.77. The molecule has 1 N–H and O–H groups in total. The molecule has 0 spiro atoms. The number of aromatic nitrogens is 5. The second-order valence-electron chi connectivity index (χ2n) is 7.50. The van der Waals surface area contributed by atoms with E-state index in [-0.39, 0.29) is 5.91 Å². The number of hydrogen-bond acceptors (Lipinski definition) is 6. The molecule has 3 heterocycles. The molecule has 1 aliphatic heterocycles. The molecule has 4 rings (SSSR count). The molecule has 0 radical (unpaired) electrons. The van der Waals surface area contributed by atoms with Gasteiger partial charge in [-0.3, -0.25) is 4.79 Å². The number of hydrogen-bond donors (Lipinski definition) is 1. The number of rotatable bonds is 6. The lowest BCUT2D eigenvalue weighted by molar-refractivity contribution is 0.0525. The van der Waals surface area contributed by atoms with Crippen molar-refractivity contribution in [3.63, 3.8) is 0 Å². The maximum atomic E-state index is 12.6. The normalized spacial score (nSPS) is 13.4. The second-order valence-corrected chi connectivity index (χ2v) is 7.50. The molecule has 0 atom stereocenters. The molecule has 3 aromatic rings. The van der Waals surface area contributed by atoms with Crippen molar-refractivity contribution in [1.29, 1.82) is 0 Å². The summed E-state index contributed by atoms with van der Waals surface area (Å²) < 4.78 is 8.83. The fraction of sp³-hybridized carbons (Fsp3) is 0.409. The number of carbonyl (C=O) groups excluding carboxylic acids is 2. The first kappa shape index (κ1) is 20.8. The zero-order chi connectivity index (χ0) is 21.8. The highest BCUT2D eigenvalue weighted by molar-refractivity contribution is 5.94. The third-order valence-electron chi connectivity index (χ3n) is 5.47. The molecule has 31 heavy (non-hydrogen) atoms. The van der Waals surface area contributed by atoms with Crippen LogP contribution in [0.1, 0.15) is 64.2 Å². The number of nitrogens with zero attached hydrogens (tertiary/aromatic N) is 5. The number of fused-ring (bicyclic) bond motifs is 1. The van der Waals surface area contributed by atoms with E-state index in [9.17, 15) is 9.59 Å². The van der Waals surface area contributed by atoms with E-state index in [1.54, 1.807) is 42.8 Å². The molecule has 1 aliphatic rings. The molecule has 0 saturated carbocycles. The number of benzene rings is 1. The Kier molecular flexibility index (Phi) is 6.11. The summed E-state index contributed by atoms with van der Waals surface area (Å²) in [6.45, 7) is 5.13. The van der Waals surface area contributed by atoms with Crippen LogP contribution in [-0.2, 0) is 24.2 Å². The van der Waals surface area contributed by atoms with Crippen LogP contribution in [0.25, 0.3) is 5.69 Å². The van der Waals surface area contributed by atoms with Gasteiger partial charge in [0.2, 0.25) is 0 Å². The molecule has 162 valence electrons. The molecule has 0 aliphatic carbocycles. The summed E-state index contributed by atoms with van der Waals surface area (Å²) in [6, 6.07) is 7.07. The molecule has 2 aromatic heterocycles. The van der Waals surface area contributed by atoms with Crippen LogP contribution >= 0.6 is 0 Å². The molecule has 1 aromatic carbocycles. The Hall–Kier alpha value is -3.49. The zero-order valence-electron chi connectivity index (χ0n) is 17.8. The van der Waals surface area contributed by atoms with Crippen molar-refractivity contribution in [3.8, 4) is 5.69 Å². The SMILES string of the molecule is CCOC(=O)c1cnn(-c2ccc(C(=O)NCc3nnc4n3CCCCC4)cc2)c1C. The van der Waals surface area contributed by atoms with E-state index < -0.39 is 5.97 Å². The van der Waals surface area contributed by atoms with Crippen molar-refractivity contribution in [2.24, 2.45) is 0 Å². The summed E-state index contributed by atoms with van der Waals surface area (Å²) >= 11 is 0. The van der Waals surface area contributed by atoms with Gasteiger partial charge in [0.1, 0.15) is 11.4 Å². The lowest BCUT2D eigenvalue weighted by Gasteiger charge is -2.09. The van der Waals surface area contributed by atoms with E-state index in [0.717, 1.165) is 43.1 Å². The number of nitrogens with one attached hydrogen (secondary N) is 1. The Bertz CT molecular complexity index is 1080. The van der Waals surface area contributed by atoms with Gasteiger partial charge in [0.25, 0.3) is 5.91 Å². The minimum atomic E-state index is -0.395. The quantitative estimate of drug-likeness (QED) is 0.613. The Morgan fingerprint density at radius 1 is 1.13 bits per heavy atom. The summed E-state index contributed by atoms with van der Waals surface area (Å²) in [4.78, 5) is 24.6. The van der Waals surface area contributed by atoms with Gasteiger partial charge in [0.15, 0.2) is 5.82 Å². The molecular weight excluding hydrogens is 396 g/mol. The lowest BCUT2D eigenvalue weighted by atomic mass is 10.2. The van der Waals surface area contributed by atoms with E-state index in [1.807, 2.05) is 0 Å². The van der Waals surface area contributed by atoms with Crippen LogP contribution in [0.4, 0.5) is 0 Å². The van der Waals surface area contributed by atoms with Gasteiger partial charge in [-0.15, -0.1) is 10.2 Å². The number of esters is 1. The summed E-state index contributed by atoms with van der Waals surface area (Å²) in [5, 5.41) is 15.7. The first-order chi connectivity index (χ1) is 15.1. The van der Waals surface area contributed by atoms with Crippen molar-refractivity contribution in [1.82, 2.24) is 29.9 Å². The number of aryl methyl sites for hydroxylation is 1. The standard InChI is InChI=1S/C22H26N6O3/c1-3-31-22(30)18-13-24-28(15(18)2)17-10-8-16(9-11-17)21(29)23-14-20-26-25-19-7-5-4-6-12-27(19)20/h8-11,13H,3-7,12,14H2,1-2H3,(H,23,29). The van der Waals surface area contributed by atoms with Crippen molar-refractivity contribution in [2.45, 2.75) is 52.6 Å². The van der Waals surface area contributed by atoms with Gasteiger partial charge in [-0.1, -0.05) is 6.42 Å². The number of ether oxygens (including phenoxy) is 1.